The van der Waals surface area contributed by atoms with Gasteiger partial charge in [-0.15, -0.1) is 0 Å². The number of unbranched alkanes of at least 4 members (excludes halogenated alkanes) is 38. The van der Waals surface area contributed by atoms with Gasteiger partial charge in [-0.3, -0.25) is 9.59 Å². The lowest BCUT2D eigenvalue weighted by atomic mass is 9.99. The summed E-state index contributed by atoms with van der Waals surface area (Å²) in [6.07, 6.45) is 70.9. The first-order valence-corrected chi connectivity index (χ1v) is 36.2. The average molecular weight is 1210 g/mol. The van der Waals surface area contributed by atoms with Crippen LogP contribution in [0, 0.1) is 0 Å². The molecule has 11 nitrogen and oxygen atoms in total. The van der Waals surface area contributed by atoms with Gasteiger partial charge in [0.15, 0.2) is 12.4 Å². The first-order valence-electron chi connectivity index (χ1n) is 36.2. The van der Waals surface area contributed by atoms with Gasteiger partial charge in [0.05, 0.1) is 25.4 Å². The normalized spacial score (nSPS) is 18.7. The Morgan fingerprint density at radius 2 is 0.837 bits per heavy atom. The van der Waals surface area contributed by atoms with Crippen LogP contribution in [0.15, 0.2) is 72.9 Å². The van der Waals surface area contributed by atoms with Crippen molar-refractivity contribution in [3.05, 3.63) is 72.9 Å². The van der Waals surface area contributed by atoms with E-state index in [9.17, 15) is 35.1 Å². The smallest absolute Gasteiger partial charge is 0.306 e. The number of nitrogens with one attached hydrogen (secondary N) is 1. The van der Waals surface area contributed by atoms with Crippen LogP contribution in [0.2, 0.25) is 0 Å². The molecule has 8 atom stereocenters. The maximum atomic E-state index is 13.5. The SMILES string of the molecule is CC/C=C\C/C=C\C/C=C\C/C=C\C/C=C\CCCCCCC(O)C(=O)NC(COC1OC(CO)C(O)C(O)C1OC(=O)CCCCCCCCCCCCCCCCCCCCCCCCCCC)C(O)/C=C/CCCCCCCCCCCC. The van der Waals surface area contributed by atoms with Crippen LogP contribution in [0.1, 0.15) is 329 Å². The number of allylic oxidation sites excluding steroid dienone is 11. The molecule has 1 aliphatic rings. The number of carbonyl (C=O) groups is 2. The molecule has 500 valence electrons. The van der Waals surface area contributed by atoms with E-state index in [1.165, 1.54) is 186 Å². The molecule has 11 heteroatoms. The van der Waals surface area contributed by atoms with Gasteiger partial charge in [0, 0.05) is 6.42 Å². The van der Waals surface area contributed by atoms with Gasteiger partial charge in [-0.05, 0) is 70.6 Å². The van der Waals surface area contributed by atoms with Crippen LogP contribution in [-0.2, 0) is 23.8 Å². The van der Waals surface area contributed by atoms with Gasteiger partial charge in [0.1, 0.15) is 24.4 Å². The van der Waals surface area contributed by atoms with Crippen LogP contribution in [-0.4, -0.2) is 99.6 Å². The molecule has 0 aromatic rings. The van der Waals surface area contributed by atoms with Crippen molar-refractivity contribution in [1.82, 2.24) is 5.32 Å². The topological polar surface area (TPSA) is 175 Å². The molecular formula is C75H135NO10. The summed E-state index contributed by atoms with van der Waals surface area (Å²) in [7, 11) is 0. The fraction of sp³-hybridized carbons (Fsp3) is 0.813. The monoisotopic (exact) mass is 1210 g/mol. The van der Waals surface area contributed by atoms with Crippen molar-refractivity contribution in [2.45, 2.75) is 378 Å². The van der Waals surface area contributed by atoms with Crippen LogP contribution in [0.3, 0.4) is 0 Å². The fourth-order valence-electron chi connectivity index (χ4n) is 11.2. The van der Waals surface area contributed by atoms with E-state index in [-0.39, 0.29) is 19.4 Å². The summed E-state index contributed by atoms with van der Waals surface area (Å²) in [5.74, 6) is -1.21. The molecule has 1 rings (SSSR count). The highest BCUT2D eigenvalue weighted by Gasteiger charge is 2.47. The maximum absolute atomic E-state index is 13.5. The van der Waals surface area contributed by atoms with Gasteiger partial charge >= 0.3 is 5.97 Å². The first kappa shape index (κ1) is 81.1. The van der Waals surface area contributed by atoms with Crippen molar-refractivity contribution >= 4 is 11.9 Å². The van der Waals surface area contributed by atoms with Crippen molar-refractivity contribution in [2.24, 2.45) is 0 Å². The molecule has 1 saturated heterocycles. The number of rotatable bonds is 62. The summed E-state index contributed by atoms with van der Waals surface area (Å²) in [6.45, 7) is 5.71. The third-order valence-electron chi connectivity index (χ3n) is 16.9. The molecule has 0 spiro atoms. The lowest BCUT2D eigenvalue weighted by molar-refractivity contribution is -0.305. The van der Waals surface area contributed by atoms with Gasteiger partial charge in [0.25, 0.3) is 0 Å². The van der Waals surface area contributed by atoms with E-state index in [0.29, 0.717) is 12.8 Å². The number of ether oxygens (including phenoxy) is 3. The summed E-state index contributed by atoms with van der Waals surface area (Å²) in [4.78, 5) is 26.7. The molecule has 0 radical (unpaired) electrons. The number of hydrogen-bond donors (Lipinski definition) is 6. The van der Waals surface area contributed by atoms with Crippen molar-refractivity contribution < 1.29 is 49.3 Å². The molecule has 1 amide bonds. The predicted molar refractivity (Wildman–Crippen MR) is 361 cm³/mol. The van der Waals surface area contributed by atoms with E-state index in [2.05, 4.69) is 86.8 Å². The summed E-state index contributed by atoms with van der Waals surface area (Å²) in [5, 5.41) is 57.2. The van der Waals surface area contributed by atoms with Gasteiger partial charge < -0.3 is 45.1 Å². The van der Waals surface area contributed by atoms with Crippen molar-refractivity contribution in [1.29, 1.82) is 0 Å². The second-order valence-corrected chi connectivity index (χ2v) is 24.9. The first-order chi connectivity index (χ1) is 42.2. The van der Waals surface area contributed by atoms with Crippen molar-refractivity contribution in [2.75, 3.05) is 13.2 Å². The van der Waals surface area contributed by atoms with Gasteiger partial charge in [-0.25, -0.2) is 0 Å². The molecule has 0 aromatic heterocycles. The number of aliphatic hydroxyl groups excluding tert-OH is 5. The zero-order valence-electron chi connectivity index (χ0n) is 55.7. The van der Waals surface area contributed by atoms with E-state index < -0.39 is 67.4 Å². The Morgan fingerprint density at radius 1 is 0.465 bits per heavy atom. The van der Waals surface area contributed by atoms with Gasteiger partial charge in [-0.2, -0.15) is 0 Å². The second-order valence-electron chi connectivity index (χ2n) is 24.9. The fourth-order valence-corrected chi connectivity index (χ4v) is 11.2. The zero-order chi connectivity index (χ0) is 62.4. The Hall–Kier alpha value is -2.90. The lowest BCUT2D eigenvalue weighted by Crippen LogP contribution is -2.61. The summed E-state index contributed by atoms with van der Waals surface area (Å²) in [6, 6.07) is -1.04. The third kappa shape index (κ3) is 49.0. The number of aliphatic hydroxyl groups is 5. The zero-order valence-corrected chi connectivity index (χ0v) is 55.7. The molecule has 86 heavy (non-hydrogen) atoms. The molecule has 0 bridgehead atoms. The molecule has 6 N–H and O–H groups in total. The number of hydrogen-bond acceptors (Lipinski definition) is 10. The Balaban J connectivity index is 2.56. The summed E-state index contributed by atoms with van der Waals surface area (Å²) in [5.41, 5.74) is 0. The van der Waals surface area contributed by atoms with Crippen molar-refractivity contribution in [3.63, 3.8) is 0 Å². The minimum absolute atomic E-state index is 0.123. The van der Waals surface area contributed by atoms with Crippen LogP contribution in [0.25, 0.3) is 0 Å². The highest BCUT2D eigenvalue weighted by molar-refractivity contribution is 5.80. The standard InChI is InChI=1S/C75H135NO10/c1-4-7-10-13-16-19-22-25-27-29-31-33-34-35-36-37-39-41-43-45-48-51-54-57-60-63-70(80)86-73-72(82)71(81)69(64-77)85-75(73)84-65-66(67(78)61-58-55-52-49-46-24-21-18-15-12-9-6-3)76-74(83)68(79)62-59-56-53-50-47-44-42-40-38-32-30-28-26-23-20-17-14-11-8-5-2/h8,11,17,20,26,28,32,38,42,44,58,61,66-69,71-73,75,77-79,81-82H,4-7,9-10,12-16,18-19,21-25,27,29-31,33-37,39-41,43,45-57,59-60,62-65H2,1-3H3,(H,76,83)/b11-8-,20-17-,28-26-,38-32-,44-42-,61-58+. The Kier molecular flexibility index (Phi) is 58.8. The molecule has 8 unspecified atom stereocenters. The van der Waals surface area contributed by atoms with Crippen LogP contribution < -0.4 is 5.32 Å². The van der Waals surface area contributed by atoms with E-state index in [1.807, 2.05) is 6.08 Å². The lowest BCUT2D eigenvalue weighted by Gasteiger charge is -2.41. The number of esters is 1. The molecule has 0 saturated carbocycles. The predicted octanol–water partition coefficient (Wildman–Crippen LogP) is 18.7. The van der Waals surface area contributed by atoms with Crippen molar-refractivity contribution in [3.8, 4) is 0 Å². The van der Waals surface area contributed by atoms with E-state index in [1.54, 1.807) is 6.08 Å². The van der Waals surface area contributed by atoms with Crippen LogP contribution >= 0.6 is 0 Å². The van der Waals surface area contributed by atoms with E-state index >= 15 is 0 Å². The Bertz CT molecular complexity index is 1680. The molecule has 1 heterocycles. The van der Waals surface area contributed by atoms with Crippen LogP contribution in [0.5, 0.6) is 0 Å². The van der Waals surface area contributed by atoms with Crippen LogP contribution in [0.4, 0.5) is 0 Å². The minimum Gasteiger partial charge on any atom is -0.454 e. The molecular weight excluding hydrogens is 1070 g/mol. The molecule has 1 aliphatic heterocycles. The quantitative estimate of drug-likeness (QED) is 0.0195. The highest BCUT2D eigenvalue weighted by Crippen LogP contribution is 2.26. The molecule has 1 fully saturated rings. The molecule has 0 aliphatic carbocycles. The number of amides is 1. The Labute approximate surface area is 528 Å². The summed E-state index contributed by atoms with van der Waals surface area (Å²) >= 11 is 0. The average Bonchev–Trinajstić information content (AvgIpc) is 3.30. The highest BCUT2D eigenvalue weighted by atomic mass is 16.7. The van der Waals surface area contributed by atoms with E-state index in [0.717, 1.165) is 96.3 Å². The largest absolute Gasteiger partial charge is 0.454 e. The van der Waals surface area contributed by atoms with Gasteiger partial charge in [0.2, 0.25) is 5.91 Å². The minimum atomic E-state index is -1.62. The third-order valence-corrected chi connectivity index (χ3v) is 16.9. The maximum Gasteiger partial charge on any atom is 0.306 e. The van der Waals surface area contributed by atoms with Gasteiger partial charge in [-0.1, -0.05) is 325 Å². The molecule has 0 aromatic carbocycles. The van der Waals surface area contributed by atoms with E-state index in [4.69, 9.17) is 14.2 Å². The second kappa shape index (κ2) is 62.3. The Morgan fingerprint density at radius 3 is 1.26 bits per heavy atom. The summed E-state index contributed by atoms with van der Waals surface area (Å²) < 4.78 is 17.7. The number of carbonyl (C=O) groups excluding carboxylic acids is 2.